The van der Waals surface area contributed by atoms with E-state index in [9.17, 15) is 5.11 Å². The summed E-state index contributed by atoms with van der Waals surface area (Å²) >= 11 is 0. The second-order valence-corrected chi connectivity index (χ2v) is 4.59. The predicted octanol–water partition coefficient (Wildman–Crippen LogP) is 2.66. The number of nitrogens with zero attached hydrogens (tertiary/aromatic N) is 2. The zero-order valence-corrected chi connectivity index (χ0v) is 12.5. The van der Waals surface area contributed by atoms with Crippen LogP contribution in [0.3, 0.4) is 0 Å². The summed E-state index contributed by atoms with van der Waals surface area (Å²) in [5.41, 5.74) is 1.62. The zero-order valence-electron chi connectivity index (χ0n) is 12.5. The van der Waals surface area contributed by atoms with Gasteiger partial charge in [0.05, 0.1) is 13.2 Å². The molecule has 21 heavy (non-hydrogen) atoms. The average molecular weight is 288 g/mol. The van der Waals surface area contributed by atoms with E-state index < -0.39 is 6.10 Å². The van der Waals surface area contributed by atoms with Crippen molar-refractivity contribution in [2.24, 2.45) is 0 Å². The molecule has 5 nitrogen and oxygen atoms in total. The molecular formula is C16H20N2O3. The Morgan fingerprint density at radius 1 is 1.05 bits per heavy atom. The predicted molar refractivity (Wildman–Crippen MR) is 79.6 cm³/mol. The normalized spacial score (nSPS) is 12.0. The molecule has 1 heterocycles. The summed E-state index contributed by atoms with van der Waals surface area (Å²) in [4.78, 5) is 8.31. The van der Waals surface area contributed by atoms with Gasteiger partial charge in [0, 0.05) is 12.4 Å². The lowest BCUT2D eigenvalue weighted by molar-refractivity contribution is 0.208. The van der Waals surface area contributed by atoms with Gasteiger partial charge >= 0.3 is 0 Å². The van der Waals surface area contributed by atoms with E-state index in [1.807, 2.05) is 20.8 Å². The van der Waals surface area contributed by atoms with Gasteiger partial charge in [0.1, 0.15) is 6.10 Å². The maximum Gasteiger partial charge on any atom is 0.161 e. The van der Waals surface area contributed by atoms with Crippen LogP contribution in [-0.2, 0) is 0 Å². The van der Waals surface area contributed by atoms with Crippen LogP contribution < -0.4 is 9.47 Å². The van der Waals surface area contributed by atoms with Gasteiger partial charge in [0.25, 0.3) is 0 Å². The molecule has 0 saturated heterocycles. The quantitative estimate of drug-likeness (QED) is 0.885. The molecule has 0 aliphatic carbocycles. The van der Waals surface area contributed by atoms with Crippen molar-refractivity contribution in [3.63, 3.8) is 0 Å². The lowest BCUT2D eigenvalue weighted by atomic mass is 10.1. The van der Waals surface area contributed by atoms with E-state index in [2.05, 4.69) is 9.97 Å². The number of hydrogen-bond donors (Lipinski definition) is 1. The summed E-state index contributed by atoms with van der Waals surface area (Å²) < 4.78 is 11.1. The summed E-state index contributed by atoms with van der Waals surface area (Å²) in [6, 6.07) is 5.35. The minimum absolute atomic E-state index is 0.368. The molecule has 0 saturated carbocycles. The molecule has 5 heteroatoms. The second kappa shape index (κ2) is 7.04. The Balaban J connectivity index is 2.30. The lowest BCUT2D eigenvalue weighted by Gasteiger charge is -2.15. The Bertz CT molecular complexity index is 585. The fourth-order valence-corrected chi connectivity index (χ4v) is 1.93. The monoisotopic (exact) mass is 288 g/mol. The SMILES string of the molecule is CCOc1ccc(C(O)c2ncc(C)cn2)cc1OCC. The number of hydrogen-bond acceptors (Lipinski definition) is 5. The van der Waals surface area contributed by atoms with Gasteiger partial charge in [-0.2, -0.15) is 0 Å². The highest BCUT2D eigenvalue weighted by Crippen LogP contribution is 2.31. The van der Waals surface area contributed by atoms with Crippen LogP contribution in [0.4, 0.5) is 0 Å². The molecule has 112 valence electrons. The molecule has 1 aromatic heterocycles. The second-order valence-electron chi connectivity index (χ2n) is 4.59. The van der Waals surface area contributed by atoms with Crippen LogP contribution in [0.1, 0.15) is 36.9 Å². The number of aliphatic hydroxyl groups excluding tert-OH is 1. The van der Waals surface area contributed by atoms with Gasteiger partial charge in [-0.25, -0.2) is 9.97 Å². The van der Waals surface area contributed by atoms with Gasteiger partial charge in [0.2, 0.25) is 0 Å². The Morgan fingerprint density at radius 3 is 2.29 bits per heavy atom. The third kappa shape index (κ3) is 3.70. The Morgan fingerprint density at radius 2 is 1.67 bits per heavy atom. The van der Waals surface area contributed by atoms with Crippen LogP contribution in [0.2, 0.25) is 0 Å². The topological polar surface area (TPSA) is 64.5 Å². The van der Waals surface area contributed by atoms with Crippen LogP contribution in [0.5, 0.6) is 11.5 Å². The molecule has 1 atom stereocenters. The molecule has 0 amide bonds. The largest absolute Gasteiger partial charge is 0.490 e. The molecule has 1 N–H and O–H groups in total. The fraction of sp³-hybridized carbons (Fsp3) is 0.375. The third-order valence-corrected chi connectivity index (χ3v) is 2.93. The number of ether oxygens (including phenoxy) is 2. The average Bonchev–Trinajstić information content (AvgIpc) is 2.49. The van der Waals surface area contributed by atoms with Crippen molar-refractivity contribution in [3.8, 4) is 11.5 Å². The van der Waals surface area contributed by atoms with E-state index in [1.54, 1.807) is 30.6 Å². The van der Waals surface area contributed by atoms with Crippen molar-refractivity contribution in [2.45, 2.75) is 26.9 Å². The van der Waals surface area contributed by atoms with Crippen molar-refractivity contribution in [1.29, 1.82) is 0 Å². The minimum Gasteiger partial charge on any atom is -0.490 e. The van der Waals surface area contributed by atoms with E-state index in [0.29, 0.717) is 36.1 Å². The fourth-order valence-electron chi connectivity index (χ4n) is 1.93. The molecule has 0 radical (unpaired) electrons. The van der Waals surface area contributed by atoms with Crippen molar-refractivity contribution < 1.29 is 14.6 Å². The molecular weight excluding hydrogens is 268 g/mol. The summed E-state index contributed by atoms with van der Waals surface area (Å²) in [5.74, 6) is 1.65. The minimum atomic E-state index is -0.888. The number of benzene rings is 1. The van der Waals surface area contributed by atoms with Gasteiger partial charge in [0.15, 0.2) is 17.3 Å². The van der Waals surface area contributed by atoms with Crippen LogP contribution in [0, 0.1) is 6.92 Å². The van der Waals surface area contributed by atoms with Gasteiger partial charge in [-0.1, -0.05) is 6.07 Å². The molecule has 2 aromatic rings. The summed E-state index contributed by atoms with van der Waals surface area (Å²) in [6.07, 6.45) is 2.48. The van der Waals surface area contributed by atoms with Crippen LogP contribution in [0.25, 0.3) is 0 Å². The van der Waals surface area contributed by atoms with Crippen LogP contribution in [-0.4, -0.2) is 28.3 Å². The van der Waals surface area contributed by atoms with Crippen molar-refractivity contribution in [1.82, 2.24) is 9.97 Å². The summed E-state index contributed by atoms with van der Waals surface area (Å²) in [6.45, 7) is 6.81. The highest BCUT2D eigenvalue weighted by molar-refractivity contribution is 5.44. The maximum atomic E-state index is 10.4. The molecule has 0 aliphatic rings. The van der Waals surface area contributed by atoms with Crippen molar-refractivity contribution in [3.05, 3.63) is 47.5 Å². The zero-order chi connectivity index (χ0) is 15.2. The van der Waals surface area contributed by atoms with Crippen LogP contribution >= 0.6 is 0 Å². The highest BCUT2D eigenvalue weighted by atomic mass is 16.5. The van der Waals surface area contributed by atoms with E-state index in [0.717, 1.165) is 5.56 Å². The Labute approximate surface area is 124 Å². The first kappa shape index (κ1) is 15.3. The van der Waals surface area contributed by atoms with E-state index in [4.69, 9.17) is 9.47 Å². The molecule has 0 spiro atoms. The number of rotatable bonds is 6. The van der Waals surface area contributed by atoms with Crippen LogP contribution in [0.15, 0.2) is 30.6 Å². The molecule has 1 unspecified atom stereocenters. The first-order valence-corrected chi connectivity index (χ1v) is 7.01. The first-order chi connectivity index (χ1) is 10.2. The van der Waals surface area contributed by atoms with Gasteiger partial charge in [-0.3, -0.25) is 0 Å². The van der Waals surface area contributed by atoms with Gasteiger partial charge in [-0.05, 0) is 44.0 Å². The van der Waals surface area contributed by atoms with Crippen molar-refractivity contribution in [2.75, 3.05) is 13.2 Å². The molecule has 0 aliphatic heterocycles. The molecule has 2 rings (SSSR count). The molecule has 1 aromatic carbocycles. The van der Waals surface area contributed by atoms with E-state index in [1.165, 1.54) is 0 Å². The first-order valence-electron chi connectivity index (χ1n) is 7.01. The number of aryl methyl sites for hydroxylation is 1. The number of aliphatic hydroxyl groups is 1. The third-order valence-electron chi connectivity index (χ3n) is 2.93. The number of aromatic nitrogens is 2. The highest BCUT2D eigenvalue weighted by Gasteiger charge is 2.16. The Hall–Kier alpha value is -2.14. The Kier molecular flexibility index (Phi) is 5.11. The van der Waals surface area contributed by atoms with Crippen molar-refractivity contribution >= 4 is 0 Å². The van der Waals surface area contributed by atoms with Gasteiger partial charge in [-0.15, -0.1) is 0 Å². The van der Waals surface area contributed by atoms with Gasteiger partial charge < -0.3 is 14.6 Å². The standard InChI is InChI=1S/C16H20N2O3/c1-4-20-13-7-6-12(8-14(13)21-5-2)15(19)16-17-9-11(3)10-18-16/h6-10,15,19H,4-5H2,1-3H3. The molecule has 0 fully saturated rings. The smallest absolute Gasteiger partial charge is 0.161 e. The lowest BCUT2D eigenvalue weighted by Crippen LogP contribution is -2.06. The summed E-state index contributed by atoms with van der Waals surface area (Å²) in [7, 11) is 0. The van der Waals surface area contributed by atoms with E-state index in [-0.39, 0.29) is 0 Å². The maximum absolute atomic E-state index is 10.4. The van der Waals surface area contributed by atoms with E-state index >= 15 is 0 Å². The summed E-state index contributed by atoms with van der Waals surface area (Å²) in [5, 5.41) is 10.4. The molecule has 0 bridgehead atoms.